The fourth-order valence-electron chi connectivity index (χ4n) is 3.75. The average molecular weight is 430 g/mol. The Balaban J connectivity index is 1.34. The van der Waals surface area contributed by atoms with Gasteiger partial charge in [0.05, 0.1) is 13.0 Å². The number of allylic oxidation sites excluding steroid dienone is 2. The van der Waals surface area contributed by atoms with Crippen LogP contribution >= 0.6 is 0 Å². The number of anilines is 1. The van der Waals surface area contributed by atoms with E-state index in [1.54, 1.807) is 0 Å². The van der Waals surface area contributed by atoms with Crippen molar-refractivity contribution in [2.75, 3.05) is 5.32 Å². The van der Waals surface area contributed by atoms with Crippen LogP contribution in [0.1, 0.15) is 36.3 Å². The lowest BCUT2D eigenvalue weighted by atomic mass is 9.94. The van der Waals surface area contributed by atoms with Crippen LogP contribution in [-0.4, -0.2) is 16.8 Å². The van der Waals surface area contributed by atoms with Crippen molar-refractivity contribution in [3.05, 3.63) is 83.8 Å². The van der Waals surface area contributed by atoms with Crippen LogP contribution in [0.15, 0.2) is 71.2 Å². The van der Waals surface area contributed by atoms with E-state index in [4.69, 9.17) is 4.42 Å². The zero-order valence-electron chi connectivity index (χ0n) is 18.1. The van der Waals surface area contributed by atoms with Crippen LogP contribution in [0, 0.1) is 12.8 Å². The number of nitrogens with zero attached hydrogens (tertiary/aromatic N) is 1. The second-order valence-electron chi connectivity index (χ2n) is 8.01. The van der Waals surface area contributed by atoms with Gasteiger partial charge in [-0.1, -0.05) is 42.5 Å². The third-order valence-corrected chi connectivity index (χ3v) is 5.59. The molecule has 1 unspecified atom stereocenters. The van der Waals surface area contributed by atoms with E-state index in [1.165, 1.54) is 0 Å². The lowest BCUT2D eigenvalue weighted by Crippen LogP contribution is -2.31. The minimum absolute atomic E-state index is 0.0383. The van der Waals surface area contributed by atoms with Crippen molar-refractivity contribution >= 4 is 17.5 Å². The summed E-state index contributed by atoms with van der Waals surface area (Å²) in [5.74, 6) is 1.21. The van der Waals surface area contributed by atoms with Crippen molar-refractivity contribution in [3.8, 4) is 11.5 Å². The number of aromatic nitrogens is 1. The molecule has 164 valence electrons. The highest BCUT2D eigenvalue weighted by Crippen LogP contribution is 2.24. The van der Waals surface area contributed by atoms with Gasteiger partial charge in [0.25, 0.3) is 0 Å². The van der Waals surface area contributed by atoms with E-state index in [0.717, 1.165) is 36.1 Å². The molecule has 0 saturated carbocycles. The summed E-state index contributed by atoms with van der Waals surface area (Å²) < 4.78 is 5.82. The van der Waals surface area contributed by atoms with E-state index in [0.29, 0.717) is 30.3 Å². The third kappa shape index (κ3) is 5.52. The van der Waals surface area contributed by atoms with Gasteiger partial charge in [0, 0.05) is 17.2 Å². The Kier molecular flexibility index (Phi) is 6.80. The number of carbonyl (C=O) groups excluding carboxylic acids is 2. The molecule has 1 aliphatic carbocycles. The highest BCUT2D eigenvalue weighted by Gasteiger charge is 2.19. The molecule has 3 aromatic rings. The van der Waals surface area contributed by atoms with Gasteiger partial charge >= 0.3 is 0 Å². The molecule has 0 saturated heterocycles. The highest BCUT2D eigenvalue weighted by molar-refractivity contribution is 5.92. The van der Waals surface area contributed by atoms with Gasteiger partial charge in [0.15, 0.2) is 0 Å². The topological polar surface area (TPSA) is 84.2 Å². The predicted octanol–water partition coefficient (Wildman–Crippen LogP) is 4.80. The van der Waals surface area contributed by atoms with Crippen LogP contribution in [0.5, 0.6) is 0 Å². The molecule has 2 aromatic carbocycles. The number of hydrogen-bond donors (Lipinski definition) is 2. The van der Waals surface area contributed by atoms with Crippen molar-refractivity contribution in [2.24, 2.45) is 5.92 Å². The van der Waals surface area contributed by atoms with Crippen molar-refractivity contribution in [1.82, 2.24) is 10.3 Å². The minimum atomic E-state index is -0.0672. The molecule has 1 aromatic heterocycles. The Hall–Kier alpha value is -3.67. The molecule has 6 nitrogen and oxygen atoms in total. The number of aryl methyl sites for hydroxylation is 1. The van der Waals surface area contributed by atoms with Crippen LogP contribution in [0.25, 0.3) is 11.5 Å². The average Bonchev–Trinajstić information content (AvgIpc) is 3.19. The van der Waals surface area contributed by atoms with Crippen LogP contribution in [-0.2, 0) is 22.6 Å². The maximum Gasteiger partial charge on any atom is 0.228 e. The third-order valence-electron chi connectivity index (χ3n) is 5.59. The number of benzene rings is 2. The normalized spacial score (nSPS) is 15.3. The number of oxazole rings is 1. The smallest absolute Gasteiger partial charge is 0.228 e. The van der Waals surface area contributed by atoms with Crippen molar-refractivity contribution < 1.29 is 14.0 Å². The molecule has 1 aliphatic rings. The summed E-state index contributed by atoms with van der Waals surface area (Å²) in [6, 6.07) is 17.0. The van der Waals surface area contributed by atoms with Crippen LogP contribution in [0.3, 0.4) is 0 Å². The molecule has 0 aliphatic heterocycles. The number of carbonyl (C=O) groups is 2. The standard InChI is InChI=1S/C26H27N3O3/c1-18-23(17-27-25(31)20-10-6-3-7-11-20)29-26(32-18)21-12-14-22(15-13-21)28-24(30)16-19-8-4-2-5-9-19/h2-6,8-9,12-15,20H,7,10-11,16-17H2,1H3,(H,27,31)(H,28,30). The Bertz CT molecular complexity index is 1100. The van der Waals surface area contributed by atoms with Gasteiger partial charge in [-0.2, -0.15) is 0 Å². The first-order valence-electron chi connectivity index (χ1n) is 10.9. The lowest BCUT2D eigenvalue weighted by Gasteiger charge is -2.16. The zero-order valence-corrected chi connectivity index (χ0v) is 18.1. The van der Waals surface area contributed by atoms with E-state index < -0.39 is 0 Å². The molecule has 0 fully saturated rings. The minimum Gasteiger partial charge on any atom is -0.441 e. The zero-order chi connectivity index (χ0) is 22.3. The maximum atomic E-state index is 12.4. The molecule has 0 radical (unpaired) electrons. The largest absolute Gasteiger partial charge is 0.441 e. The van der Waals surface area contributed by atoms with Crippen molar-refractivity contribution in [1.29, 1.82) is 0 Å². The van der Waals surface area contributed by atoms with Gasteiger partial charge < -0.3 is 15.1 Å². The van der Waals surface area contributed by atoms with Gasteiger partial charge in [0.2, 0.25) is 17.7 Å². The Morgan fingerprint density at radius 3 is 2.56 bits per heavy atom. The first-order chi connectivity index (χ1) is 15.6. The SMILES string of the molecule is Cc1oc(-c2ccc(NC(=O)Cc3ccccc3)cc2)nc1CNC(=O)C1CC=CCC1. The molecular weight excluding hydrogens is 402 g/mol. The van der Waals surface area contributed by atoms with Crippen LogP contribution in [0.2, 0.25) is 0 Å². The van der Waals surface area contributed by atoms with Gasteiger partial charge in [-0.25, -0.2) is 4.98 Å². The Morgan fingerprint density at radius 1 is 1.06 bits per heavy atom. The van der Waals surface area contributed by atoms with Gasteiger partial charge in [-0.05, 0) is 56.0 Å². The molecular formula is C26H27N3O3. The van der Waals surface area contributed by atoms with Gasteiger partial charge in [-0.3, -0.25) is 9.59 Å². The number of hydrogen-bond acceptors (Lipinski definition) is 4. The van der Waals surface area contributed by atoms with Crippen molar-refractivity contribution in [3.63, 3.8) is 0 Å². The van der Waals surface area contributed by atoms with Crippen LogP contribution < -0.4 is 10.6 Å². The molecule has 4 rings (SSSR count). The molecule has 1 heterocycles. The molecule has 32 heavy (non-hydrogen) atoms. The molecule has 2 amide bonds. The summed E-state index contributed by atoms with van der Waals surface area (Å²) in [5.41, 5.74) is 3.22. The van der Waals surface area contributed by atoms with Crippen molar-refractivity contribution in [2.45, 2.75) is 39.2 Å². The second kappa shape index (κ2) is 10.1. The molecule has 0 spiro atoms. The summed E-state index contributed by atoms with van der Waals surface area (Å²) >= 11 is 0. The van der Waals surface area contributed by atoms with Gasteiger partial charge in [-0.15, -0.1) is 0 Å². The predicted molar refractivity (Wildman–Crippen MR) is 124 cm³/mol. The summed E-state index contributed by atoms with van der Waals surface area (Å²) in [5, 5.41) is 5.89. The summed E-state index contributed by atoms with van der Waals surface area (Å²) in [6.07, 6.45) is 7.16. The Morgan fingerprint density at radius 2 is 1.84 bits per heavy atom. The fourth-order valence-corrected chi connectivity index (χ4v) is 3.75. The van der Waals surface area contributed by atoms with E-state index in [1.807, 2.05) is 61.5 Å². The van der Waals surface area contributed by atoms with Crippen LogP contribution in [0.4, 0.5) is 5.69 Å². The summed E-state index contributed by atoms with van der Waals surface area (Å²) in [7, 11) is 0. The fraction of sp³-hybridized carbons (Fsp3) is 0.269. The summed E-state index contributed by atoms with van der Waals surface area (Å²) in [4.78, 5) is 29.2. The number of rotatable bonds is 7. The molecule has 2 N–H and O–H groups in total. The van der Waals surface area contributed by atoms with E-state index >= 15 is 0 Å². The van der Waals surface area contributed by atoms with E-state index in [2.05, 4.69) is 27.8 Å². The van der Waals surface area contributed by atoms with E-state index in [-0.39, 0.29) is 17.7 Å². The molecule has 1 atom stereocenters. The number of amides is 2. The second-order valence-corrected chi connectivity index (χ2v) is 8.01. The lowest BCUT2D eigenvalue weighted by molar-refractivity contribution is -0.125. The summed E-state index contributed by atoms with van der Waals surface area (Å²) in [6.45, 7) is 2.20. The first kappa shape index (κ1) is 21.6. The maximum absolute atomic E-state index is 12.4. The van der Waals surface area contributed by atoms with E-state index in [9.17, 15) is 9.59 Å². The molecule has 0 bridgehead atoms. The Labute approximate surface area is 187 Å². The number of nitrogens with one attached hydrogen (secondary N) is 2. The van der Waals surface area contributed by atoms with Gasteiger partial charge in [0.1, 0.15) is 11.5 Å². The first-order valence-corrected chi connectivity index (χ1v) is 10.9. The highest BCUT2D eigenvalue weighted by atomic mass is 16.4. The molecule has 6 heteroatoms. The monoisotopic (exact) mass is 429 g/mol. The quantitative estimate of drug-likeness (QED) is 0.528.